The van der Waals surface area contributed by atoms with Gasteiger partial charge in [-0.2, -0.15) is 0 Å². The first-order chi connectivity index (χ1) is 8.58. The van der Waals surface area contributed by atoms with E-state index in [-0.39, 0.29) is 5.91 Å². The topological polar surface area (TPSA) is 68.5 Å². The molecule has 5 nitrogen and oxygen atoms in total. The van der Waals surface area contributed by atoms with E-state index in [4.69, 9.17) is 4.42 Å². The third kappa shape index (κ3) is 2.39. The van der Waals surface area contributed by atoms with E-state index < -0.39 is 11.4 Å². The first-order valence-electron chi connectivity index (χ1n) is 6.00. The van der Waals surface area contributed by atoms with Gasteiger partial charge in [0.05, 0.1) is 7.11 Å². The molecule has 0 unspecified atom stereocenters. The molecule has 1 heterocycles. The van der Waals surface area contributed by atoms with Crippen LogP contribution in [0.4, 0.5) is 0 Å². The van der Waals surface area contributed by atoms with Gasteiger partial charge in [-0.3, -0.25) is 9.59 Å². The van der Waals surface area contributed by atoms with Crippen molar-refractivity contribution >= 4 is 11.9 Å². The van der Waals surface area contributed by atoms with Crippen LogP contribution in [0.3, 0.4) is 0 Å². The highest BCUT2D eigenvalue weighted by atomic mass is 16.5. The molecule has 1 aromatic heterocycles. The summed E-state index contributed by atoms with van der Waals surface area (Å²) in [6.45, 7) is 2.34. The Balaban J connectivity index is 1.80. The van der Waals surface area contributed by atoms with E-state index in [2.05, 4.69) is 10.1 Å². The van der Waals surface area contributed by atoms with E-state index in [1.165, 1.54) is 7.11 Å². The van der Waals surface area contributed by atoms with E-state index in [0.717, 1.165) is 11.5 Å². The maximum absolute atomic E-state index is 11.9. The Morgan fingerprint density at radius 3 is 2.67 bits per heavy atom. The number of esters is 1. The SMILES string of the molecule is COC(=O)C1(C(=O)NCCc2ccc(C)o2)CC1. The molecule has 2 rings (SSSR count). The van der Waals surface area contributed by atoms with E-state index in [1.807, 2.05) is 19.1 Å². The van der Waals surface area contributed by atoms with Crippen molar-refractivity contribution in [3.05, 3.63) is 23.7 Å². The quantitative estimate of drug-likeness (QED) is 0.630. The van der Waals surface area contributed by atoms with Crippen molar-refractivity contribution in [3.8, 4) is 0 Å². The fourth-order valence-electron chi connectivity index (χ4n) is 1.93. The highest BCUT2D eigenvalue weighted by Crippen LogP contribution is 2.46. The lowest BCUT2D eigenvalue weighted by Gasteiger charge is -2.12. The average Bonchev–Trinajstić information content (AvgIpc) is 3.07. The predicted octanol–water partition coefficient (Wildman–Crippen LogP) is 1.20. The van der Waals surface area contributed by atoms with Crippen molar-refractivity contribution in [1.29, 1.82) is 0 Å². The van der Waals surface area contributed by atoms with Gasteiger partial charge in [0.1, 0.15) is 16.9 Å². The van der Waals surface area contributed by atoms with Crippen LogP contribution in [0.15, 0.2) is 16.5 Å². The second kappa shape index (κ2) is 4.84. The summed E-state index contributed by atoms with van der Waals surface area (Å²) in [5, 5.41) is 2.76. The largest absolute Gasteiger partial charge is 0.468 e. The molecule has 0 radical (unpaired) electrons. The molecule has 0 aromatic carbocycles. The fraction of sp³-hybridized carbons (Fsp3) is 0.538. The lowest BCUT2D eigenvalue weighted by atomic mass is 10.1. The summed E-state index contributed by atoms with van der Waals surface area (Å²) >= 11 is 0. The van der Waals surface area contributed by atoms with Gasteiger partial charge in [-0.15, -0.1) is 0 Å². The van der Waals surface area contributed by atoms with Crippen molar-refractivity contribution < 1.29 is 18.7 Å². The van der Waals surface area contributed by atoms with Crippen LogP contribution in [0.5, 0.6) is 0 Å². The van der Waals surface area contributed by atoms with Crippen LogP contribution < -0.4 is 5.32 Å². The second-order valence-electron chi connectivity index (χ2n) is 4.59. The normalized spacial score (nSPS) is 16.1. The highest BCUT2D eigenvalue weighted by molar-refractivity contribution is 6.05. The third-order valence-electron chi connectivity index (χ3n) is 3.21. The van der Waals surface area contributed by atoms with E-state index in [0.29, 0.717) is 25.8 Å². The highest BCUT2D eigenvalue weighted by Gasteiger charge is 2.57. The molecular weight excluding hydrogens is 234 g/mol. The van der Waals surface area contributed by atoms with E-state index in [1.54, 1.807) is 0 Å². The van der Waals surface area contributed by atoms with Crippen LogP contribution in [0, 0.1) is 12.3 Å². The minimum Gasteiger partial charge on any atom is -0.468 e. The van der Waals surface area contributed by atoms with Crippen LogP contribution in [0.25, 0.3) is 0 Å². The number of aryl methyl sites for hydroxylation is 1. The van der Waals surface area contributed by atoms with Crippen LogP contribution in [0.1, 0.15) is 24.4 Å². The van der Waals surface area contributed by atoms with Crippen molar-refractivity contribution in [2.24, 2.45) is 5.41 Å². The Hall–Kier alpha value is -1.78. The summed E-state index contributed by atoms with van der Waals surface area (Å²) in [7, 11) is 1.31. The van der Waals surface area contributed by atoms with Crippen molar-refractivity contribution in [2.75, 3.05) is 13.7 Å². The predicted molar refractivity (Wildman–Crippen MR) is 63.8 cm³/mol. The number of hydrogen-bond acceptors (Lipinski definition) is 4. The summed E-state index contributed by atoms with van der Waals surface area (Å²) in [5.74, 6) is 1.01. The van der Waals surface area contributed by atoms with Gasteiger partial charge in [0.25, 0.3) is 0 Å². The van der Waals surface area contributed by atoms with E-state index in [9.17, 15) is 9.59 Å². The lowest BCUT2D eigenvalue weighted by Crippen LogP contribution is -2.38. The molecule has 1 saturated carbocycles. The number of hydrogen-bond donors (Lipinski definition) is 1. The minimum atomic E-state index is -0.923. The van der Waals surface area contributed by atoms with Crippen LogP contribution >= 0.6 is 0 Å². The van der Waals surface area contributed by atoms with Crippen molar-refractivity contribution in [2.45, 2.75) is 26.2 Å². The Bertz CT molecular complexity index is 459. The molecule has 1 aromatic rings. The Kier molecular flexibility index (Phi) is 3.41. The summed E-state index contributed by atoms with van der Waals surface area (Å²) in [6.07, 6.45) is 1.77. The summed E-state index contributed by atoms with van der Waals surface area (Å²) in [4.78, 5) is 23.4. The zero-order chi connectivity index (χ0) is 13.2. The summed E-state index contributed by atoms with van der Waals surface area (Å²) in [6, 6.07) is 3.77. The maximum atomic E-state index is 11.9. The van der Waals surface area contributed by atoms with Gasteiger partial charge in [0, 0.05) is 13.0 Å². The maximum Gasteiger partial charge on any atom is 0.321 e. The molecule has 1 fully saturated rings. The van der Waals surface area contributed by atoms with Gasteiger partial charge >= 0.3 is 5.97 Å². The number of ether oxygens (including phenoxy) is 1. The average molecular weight is 251 g/mol. The number of rotatable bonds is 5. The smallest absolute Gasteiger partial charge is 0.321 e. The van der Waals surface area contributed by atoms with Gasteiger partial charge in [-0.05, 0) is 31.9 Å². The van der Waals surface area contributed by atoms with E-state index >= 15 is 0 Å². The first kappa shape index (κ1) is 12.7. The standard InChI is InChI=1S/C13H17NO4/c1-9-3-4-10(18-9)5-8-14-11(15)13(6-7-13)12(16)17-2/h3-4H,5-8H2,1-2H3,(H,14,15). The summed E-state index contributed by atoms with van der Waals surface area (Å²) < 4.78 is 10.0. The molecule has 1 aliphatic rings. The number of amides is 1. The molecule has 1 N–H and O–H groups in total. The number of carbonyl (C=O) groups is 2. The van der Waals surface area contributed by atoms with Crippen LogP contribution in [-0.2, 0) is 20.7 Å². The molecule has 0 atom stereocenters. The molecule has 0 spiro atoms. The second-order valence-corrected chi connectivity index (χ2v) is 4.59. The van der Waals surface area contributed by atoms with Gasteiger partial charge in [-0.25, -0.2) is 0 Å². The number of carbonyl (C=O) groups excluding carboxylic acids is 2. The Morgan fingerprint density at radius 1 is 1.44 bits per heavy atom. The molecule has 18 heavy (non-hydrogen) atoms. The molecule has 0 bridgehead atoms. The molecular formula is C13H17NO4. The lowest BCUT2D eigenvalue weighted by molar-refractivity contribution is -0.152. The molecule has 0 aliphatic heterocycles. The Morgan fingerprint density at radius 2 is 2.17 bits per heavy atom. The van der Waals surface area contributed by atoms with Gasteiger partial charge in [0.2, 0.25) is 5.91 Å². The molecule has 1 aliphatic carbocycles. The van der Waals surface area contributed by atoms with Gasteiger partial charge in [-0.1, -0.05) is 0 Å². The number of furan rings is 1. The fourth-order valence-corrected chi connectivity index (χ4v) is 1.93. The van der Waals surface area contributed by atoms with Crippen molar-refractivity contribution in [1.82, 2.24) is 5.32 Å². The monoisotopic (exact) mass is 251 g/mol. The zero-order valence-corrected chi connectivity index (χ0v) is 10.6. The van der Waals surface area contributed by atoms with Crippen LogP contribution in [0.2, 0.25) is 0 Å². The number of methoxy groups -OCH3 is 1. The van der Waals surface area contributed by atoms with Gasteiger partial charge < -0.3 is 14.5 Å². The minimum absolute atomic E-state index is 0.238. The van der Waals surface area contributed by atoms with Crippen molar-refractivity contribution in [3.63, 3.8) is 0 Å². The zero-order valence-electron chi connectivity index (χ0n) is 10.6. The summed E-state index contributed by atoms with van der Waals surface area (Å²) in [5.41, 5.74) is -0.923. The molecule has 1 amide bonds. The van der Waals surface area contributed by atoms with Crippen LogP contribution in [-0.4, -0.2) is 25.5 Å². The van der Waals surface area contributed by atoms with Gasteiger partial charge in [0.15, 0.2) is 0 Å². The first-order valence-corrected chi connectivity index (χ1v) is 6.00. The molecule has 98 valence electrons. The molecule has 5 heteroatoms. The number of nitrogens with one attached hydrogen (secondary N) is 1. The molecule has 0 saturated heterocycles. The third-order valence-corrected chi connectivity index (χ3v) is 3.21. The Labute approximate surface area is 105 Å².